The number of rotatable bonds is 9. The number of para-hydroxylation sites is 1. The molecule has 0 amide bonds. The van der Waals surface area contributed by atoms with Gasteiger partial charge in [0.1, 0.15) is 23.8 Å². The summed E-state index contributed by atoms with van der Waals surface area (Å²) in [7, 11) is 1.60. The van der Waals surface area contributed by atoms with Crippen molar-refractivity contribution in [2.24, 2.45) is 0 Å². The second kappa shape index (κ2) is 10.3. The van der Waals surface area contributed by atoms with Gasteiger partial charge in [-0.15, -0.1) is 5.10 Å². The summed E-state index contributed by atoms with van der Waals surface area (Å²) in [6.07, 6.45) is 7.02. The predicted octanol–water partition coefficient (Wildman–Crippen LogP) is 5.07. The number of carboxylic acids is 1. The van der Waals surface area contributed by atoms with Crippen LogP contribution >= 0.6 is 11.3 Å². The van der Waals surface area contributed by atoms with Crippen molar-refractivity contribution >= 4 is 33.6 Å². The summed E-state index contributed by atoms with van der Waals surface area (Å²) >= 11 is 1.53. The van der Waals surface area contributed by atoms with Gasteiger partial charge in [0.15, 0.2) is 0 Å². The number of ether oxygens (including phenoxy) is 2. The molecule has 2 aromatic carbocycles. The van der Waals surface area contributed by atoms with E-state index in [1.807, 2.05) is 44.2 Å². The lowest BCUT2D eigenvalue weighted by atomic mass is 10.0. The van der Waals surface area contributed by atoms with E-state index in [0.29, 0.717) is 29.2 Å². The van der Waals surface area contributed by atoms with Gasteiger partial charge in [-0.2, -0.15) is 4.68 Å². The molecule has 34 heavy (non-hydrogen) atoms. The van der Waals surface area contributed by atoms with Crippen LogP contribution in [0.5, 0.6) is 11.5 Å². The molecule has 174 valence electrons. The van der Waals surface area contributed by atoms with E-state index < -0.39 is 5.97 Å². The smallest absolute Gasteiger partial charge is 0.328 e. The summed E-state index contributed by atoms with van der Waals surface area (Å²) < 4.78 is 14.4. The molecule has 0 aliphatic rings. The van der Waals surface area contributed by atoms with Crippen LogP contribution in [0.2, 0.25) is 0 Å². The summed E-state index contributed by atoms with van der Waals surface area (Å²) in [5.41, 5.74) is 4.14. The molecule has 0 unspecified atom stereocenters. The van der Waals surface area contributed by atoms with E-state index in [2.05, 4.69) is 21.4 Å². The summed E-state index contributed by atoms with van der Waals surface area (Å²) in [4.78, 5) is 15.7. The molecule has 0 saturated carbocycles. The van der Waals surface area contributed by atoms with Crippen LogP contribution in [-0.4, -0.2) is 38.2 Å². The number of nitrogens with zero attached hydrogens (tertiary/aromatic N) is 4. The first-order valence-corrected chi connectivity index (χ1v) is 11.4. The highest BCUT2D eigenvalue weighted by molar-refractivity contribution is 7.20. The fraction of sp³-hybridized carbons (Fsp3) is 0.200. The molecule has 2 aromatic heterocycles. The highest BCUT2D eigenvalue weighted by atomic mass is 32.1. The molecule has 4 rings (SSSR count). The number of carbonyl (C=O) groups is 1. The number of methoxy groups -OCH3 is 1. The van der Waals surface area contributed by atoms with Crippen LogP contribution in [0.25, 0.3) is 21.4 Å². The molecular formula is C25H24N4O4S. The standard InChI is InChI=1S/C25H24N4O4S/c1-16(2)8-11-19-21(32-3)12-9-17(10-13-23(30)31)24(19)33-15-18-14-29(28-27-18)25-26-20-6-4-5-7-22(20)34-25/h4-10,12-14H,11,15H2,1-3H3,(H,30,31)/b13-10-. The van der Waals surface area contributed by atoms with Crippen LogP contribution in [0.3, 0.4) is 0 Å². The number of benzene rings is 2. The van der Waals surface area contributed by atoms with Gasteiger partial charge < -0.3 is 14.6 Å². The van der Waals surface area contributed by atoms with E-state index in [1.165, 1.54) is 17.4 Å². The van der Waals surface area contributed by atoms with Crippen LogP contribution in [0, 0.1) is 0 Å². The number of aliphatic carboxylic acids is 1. The minimum atomic E-state index is -1.04. The second-order valence-corrected chi connectivity index (χ2v) is 8.74. The van der Waals surface area contributed by atoms with Gasteiger partial charge in [-0.25, -0.2) is 9.78 Å². The van der Waals surface area contributed by atoms with Crippen molar-refractivity contribution in [1.82, 2.24) is 20.0 Å². The van der Waals surface area contributed by atoms with Crippen LogP contribution in [0.1, 0.15) is 30.7 Å². The third-order valence-corrected chi connectivity index (χ3v) is 6.00. The second-order valence-electron chi connectivity index (χ2n) is 7.73. The molecule has 4 aromatic rings. The van der Waals surface area contributed by atoms with Crippen LogP contribution < -0.4 is 9.47 Å². The lowest BCUT2D eigenvalue weighted by molar-refractivity contribution is -0.131. The van der Waals surface area contributed by atoms with Gasteiger partial charge in [0.2, 0.25) is 5.13 Å². The molecule has 0 bridgehead atoms. The molecule has 0 fully saturated rings. The molecule has 9 heteroatoms. The first-order valence-electron chi connectivity index (χ1n) is 10.6. The van der Waals surface area contributed by atoms with Gasteiger partial charge in [0, 0.05) is 17.2 Å². The Bertz CT molecular complexity index is 1350. The molecule has 1 N–H and O–H groups in total. The van der Waals surface area contributed by atoms with Crippen molar-refractivity contribution in [1.29, 1.82) is 0 Å². The number of carboxylic acid groups (broad SMARTS) is 1. The van der Waals surface area contributed by atoms with Gasteiger partial charge in [-0.05, 0) is 50.6 Å². The average Bonchev–Trinajstić information content (AvgIpc) is 3.46. The summed E-state index contributed by atoms with van der Waals surface area (Å²) in [5, 5.41) is 18.2. The van der Waals surface area contributed by atoms with Gasteiger partial charge in [-0.3, -0.25) is 0 Å². The Labute approximate surface area is 200 Å². The highest BCUT2D eigenvalue weighted by Crippen LogP contribution is 2.35. The fourth-order valence-electron chi connectivity index (χ4n) is 3.34. The molecule has 0 spiro atoms. The number of hydrogen-bond donors (Lipinski definition) is 1. The minimum absolute atomic E-state index is 0.147. The molecule has 0 aliphatic heterocycles. The Morgan fingerprint density at radius 2 is 2.03 bits per heavy atom. The Morgan fingerprint density at radius 1 is 1.21 bits per heavy atom. The zero-order valence-corrected chi connectivity index (χ0v) is 19.9. The largest absolute Gasteiger partial charge is 0.496 e. The number of allylic oxidation sites excluding steroid dienone is 2. The summed E-state index contributed by atoms with van der Waals surface area (Å²) in [6, 6.07) is 11.5. The monoisotopic (exact) mass is 476 g/mol. The molecule has 0 radical (unpaired) electrons. The molecule has 2 heterocycles. The molecule has 0 saturated heterocycles. The SMILES string of the molecule is COc1ccc(/C=C\C(=O)O)c(OCc2cn(-c3nc4ccccc4s3)nn2)c1CC=C(C)C. The molecule has 8 nitrogen and oxygen atoms in total. The maximum Gasteiger partial charge on any atom is 0.328 e. The van der Waals surface area contributed by atoms with Gasteiger partial charge >= 0.3 is 5.97 Å². The van der Waals surface area contributed by atoms with Crippen molar-refractivity contribution in [3.05, 3.63) is 77.1 Å². The lowest BCUT2D eigenvalue weighted by Crippen LogP contribution is -2.03. The van der Waals surface area contributed by atoms with E-state index in [1.54, 1.807) is 24.1 Å². The quantitative estimate of drug-likeness (QED) is 0.266. The van der Waals surface area contributed by atoms with Crippen molar-refractivity contribution in [3.8, 4) is 16.6 Å². The summed E-state index contributed by atoms with van der Waals surface area (Å²) in [6.45, 7) is 4.18. The van der Waals surface area contributed by atoms with Crippen molar-refractivity contribution in [3.63, 3.8) is 0 Å². The van der Waals surface area contributed by atoms with E-state index in [-0.39, 0.29) is 6.61 Å². The Hall–Kier alpha value is -3.98. The number of hydrogen-bond acceptors (Lipinski definition) is 7. The van der Waals surface area contributed by atoms with Crippen LogP contribution in [-0.2, 0) is 17.8 Å². The third-order valence-electron chi connectivity index (χ3n) is 4.97. The van der Waals surface area contributed by atoms with Crippen LogP contribution in [0.15, 0.2) is 60.3 Å². The topological polar surface area (TPSA) is 99.4 Å². The van der Waals surface area contributed by atoms with E-state index in [0.717, 1.165) is 32.6 Å². The van der Waals surface area contributed by atoms with Gasteiger partial charge in [-0.1, -0.05) is 40.3 Å². The maximum absolute atomic E-state index is 11.1. The minimum Gasteiger partial charge on any atom is -0.496 e. The first kappa shape index (κ1) is 23.2. The first-order chi connectivity index (χ1) is 16.4. The normalized spacial score (nSPS) is 11.1. The molecular weight excluding hydrogens is 452 g/mol. The van der Waals surface area contributed by atoms with Crippen LogP contribution in [0.4, 0.5) is 0 Å². The van der Waals surface area contributed by atoms with Gasteiger partial charge in [0.25, 0.3) is 0 Å². The Balaban J connectivity index is 1.63. The number of fused-ring (bicyclic) bond motifs is 1. The van der Waals surface area contributed by atoms with Crippen molar-refractivity contribution < 1.29 is 19.4 Å². The maximum atomic E-state index is 11.1. The molecule has 0 aliphatic carbocycles. The predicted molar refractivity (Wildman–Crippen MR) is 132 cm³/mol. The average molecular weight is 477 g/mol. The van der Waals surface area contributed by atoms with E-state index in [9.17, 15) is 4.79 Å². The highest BCUT2D eigenvalue weighted by Gasteiger charge is 2.16. The van der Waals surface area contributed by atoms with Crippen molar-refractivity contribution in [2.75, 3.05) is 7.11 Å². The number of aromatic nitrogens is 4. The van der Waals surface area contributed by atoms with E-state index in [4.69, 9.17) is 14.6 Å². The summed E-state index contributed by atoms with van der Waals surface area (Å²) in [5.74, 6) is 0.174. The zero-order chi connectivity index (χ0) is 24.1. The van der Waals surface area contributed by atoms with Crippen molar-refractivity contribution in [2.45, 2.75) is 26.9 Å². The molecule has 0 atom stereocenters. The van der Waals surface area contributed by atoms with Gasteiger partial charge in [0.05, 0.1) is 23.5 Å². The van der Waals surface area contributed by atoms with E-state index >= 15 is 0 Å². The Morgan fingerprint density at radius 3 is 2.76 bits per heavy atom. The zero-order valence-electron chi connectivity index (χ0n) is 19.1. The third kappa shape index (κ3) is 5.32. The number of thiazole rings is 1. The fourth-order valence-corrected chi connectivity index (χ4v) is 4.23. The Kier molecular flexibility index (Phi) is 7.03. The lowest BCUT2D eigenvalue weighted by Gasteiger charge is -2.16.